The first kappa shape index (κ1) is 17.5. The lowest BCUT2D eigenvalue weighted by atomic mass is 9.92. The van der Waals surface area contributed by atoms with Gasteiger partial charge in [-0.05, 0) is 56.9 Å². The molecule has 1 atom stereocenters. The Bertz CT molecular complexity index is 888. The summed E-state index contributed by atoms with van der Waals surface area (Å²) < 4.78 is 6.26. The first-order valence-electron chi connectivity index (χ1n) is 9.49. The Morgan fingerprint density at radius 1 is 1.15 bits per heavy atom. The highest BCUT2D eigenvalue weighted by atomic mass is 16.5. The molecular weight excluding hydrogens is 338 g/mol. The van der Waals surface area contributed by atoms with Crippen LogP contribution in [-0.4, -0.2) is 11.9 Å². The molecule has 27 heavy (non-hydrogen) atoms. The van der Waals surface area contributed by atoms with Crippen LogP contribution in [0.1, 0.15) is 37.3 Å². The van der Waals surface area contributed by atoms with E-state index in [0.29, 0.717) is 11.4 Å². The number of para-hydroxylation sites is 1. The van der Waals surface area contributed by atoms with Gasteiger partial charge in [-0.25, -0.2) is 0 Å². The van der Waals surface area contributed by atoms with E-state index >= 15 is 0 Å². The molecule has 2 aromatic rings. The van der Waals surface area contributed by atoms with Crippen LogP contribution in [0.2, 0.25) is 0 Å². The Morgan fingerprint density at radius 2 is 1.89 bits per heavy atom. The fourth-order valence-corrected chi connectivity index (χ4v) is 3.71. The second kappa shape index (κ2) is 6.99. The second-order valence-corrected chi connectivity index (χ2v) is 7.35. The van der Waals surface area contributed by atoms with E-state index in [9.17, 15) is 4.79 Å². The van der Waals surface area contributed by atoms with Crippen molar-refractivity contribution >= 4 is 17.3 Å². The summed E-state index contributed by atoms with van der Waals surface area (Å²) in [6.45, 7) is 2.11. The quantitative estimate of drug-likeness (QED) is 0.866. The van der Waals surface area contributed by atoms with Crippen LogP contribution in [0.25, 0.3) is 5.70 Å². The molecule has 1 aliphatic carbocycles. The number of anilines is 1. The number of fused-ring (bicyclic) bond motifs is 1. The Kier molecular flexibility index (Phi) is 4.52. The van der Waals surface area contributed by atoms with Gasteiger partial charge in [-0.2, -0.15) is 0 Å². The summed E-state index contributed by atoms with van der Waals surface area (Å²) >= 11 is 0. The smallest absolute Gasteiger partial charge is 0.230 e. The lowest BCUT2D eigenvalue weighted by molar-refractivity contribution is -0.120. The largest absolute Gasteiger partial charge is 0.456 e. The van der Waals surface area contributed by atoms with Crippen LogP contribution >= 0.6 is 0 Å². The minimum atomic E-state index is 0.172. The normalized spacial score (nSPS) is 19.5. The Labute approximate surface area is 159 Å². The topological polar surface area (TPSA) is 81.6 Å². The number of ether oxygens (including phenoxy) is 1. The van der Waals surface area contributed by atoms with Gasteiger partial charge in [0.05, 0.1) is 11.4 Å². The molecule has 1 saturated carbocycles. The predicted octanol–water partition coefficient (Wildman–Crippen LogP) is 3.77. The first-order chi connectivity index (χ1) is 13.1. The van der Waals surface area contributed by atoms with Crippen LogP contribution in [-0.2, 0) is 11.2 Å². The maximum atomic E-state index is 12.9. The highest BCUT2D eigenvalue weighted by molar-refractivity contribution is 5.99. The van der Waals surface area contributed by atoms with Gasteiger partial charge in [0, 0.05) is 29.3 Å². The fraction of sp³-hybridized carbons (Fsp3) is 0.318. The van der Waals surface area contributed by atoms with E-state index in [-0.39, 0.29) is 17.9 Å². The number of carbonyl (C=O) groups is 1. The number of carbonyl (C=O) groups excluding carboxylic acids is 1. The van der Waals surface area contributed by atoms with E-state index in [2.05, 4.69) is 6.92 Å². The first-order valence-corrected chi connectivity index (χ1v) is 9.49. The maximum absolute atomic E-state index is 12.9. The summed E-state index contributed by atoms with van der Waals surface area (Å²) in [6, 6.07) is 13.7. The number of hydrogen-bond acceptors (Lipinski definition) is 4. The summed E-state index contributed by atoms with van der Waals surface area (Å²) in [6.07, 6.45) is 5.10. The Hall–Kier alpha value is -2.95. The van der Waals surface area contributed by atoms with Gasteiger partial charge in [0.15, 0.2) is 0 Å². The summed E-state index contributed by atoms with van der Waals surface area (Å²) in [5.74, 6) is 1.82. The molecule has 1 aliphatic heterocycles. The summed E-state index contributed by atoms with van der Waals surface area (Å²) in [7, 11) is 0. The molecule has 1 heterocycles. The van der Waals surface area contributed by atoms with E-state index < -0.39 is 0 Å². The number of nitrogens with two attached hydrogens (primary N) is 2. The van der Waals surface area contributed by atoms with Crippen LogP contribution in [0.4, 0.5) is 5.69 Å². The molecule has 1 amide bonds. The van der Waals surface area contributed by atoms with Crippen molar-refractivity contribution in [3.63, 3.8) is 0 Å². The van der Waals surface area contributed by atoms with Crippen molar-refractivity contribution in [3.8, 4) is 11.5 Å². The van der Waals surface area contributed by atoms with E-state index in [4.69, 9.17) is 16.2 Å². The second-order valence-electron chi connectivity index (χ2n) is 7.35. The van der Waals surface area contributed by atoms with Crippen molar-refractivity contribution in [1.82, 2.24) is 0 Å². The standard InChI is InChI=1S/C22H25N3O2/c1-14-7-10-18-20(25(14)22(26)15-8-9-15)12-11-17(19(24)13-23)21(18)27-16-5-3-2-4-6-16/h2-6,11-15H,7-10,23-24H2,1H3/b19-13-. The molecule has 4 N–H and O–H groups in total. The van der Waals surface area contributed by atoms with Gasteiger partial charge in [-0.1, -0.05) is 18.2 Å². The zero-order valence-corrected chi connectivity index (χ0v) is 15.5. The van der Waals surface area contributed by atoms with Gasteiger partial charge in [-0.15, -0.1) is 0 Å². The molecule has 140 valence electrons. The zero-order chi connectivity index (χ0) is 19.0. The molecule has 1 fully saturated rings. The molecule has 5 heteroatoms. The minimum absolute atomic E-state index is 0.172. The molecule has 0 spiro atoms. The molecule has 2 aromatic carbocycles. The Morgan fingerprint density at radius 3 is 2.56 bits per heavy atom. The molecule has 4 rings (SSSR count). The third kappa shape index (κ3) is 3.25. The number of amides is 1. The fourth-order valence-electron chi connectivity index (χ4n) is 3.71. The van der Waals surface area contributed by atoms with Crippen LogP contribution < -0.4 is 21.1 Å². The average molecular weight is 363 g/mol. The predicted molar refractivity (Wildman–Crippen MR) is 107 cm³/mol. The van der Waals surface area contributed by atoms with Crippen LogP contribution in [0, 0.1) is 5.92 Å². The molecule has 5 nitrogen and oxygen atoms in total. The Balaban J connectivity index is 1.83. The zero-order valence-electron chi connectivity index (χ0n) is 15.5. The van der Waals surface area contributed by atoms with E-state index in [1.807, 2.05) is 47.4 Å². The van der Waals surface area contributed by atoms with Gasteiger partial charge in [0.2, 0.25) is 5.91 Å². The number of hydrogen-bond donors (Lipinski definition) is 2. The highest BCUT2D eigenvalue weighted by Gasteiger charge is 2.39. The monoisotopic (exact) mass is 363 g/mol. The SMILES string of the molecule is CC1CCc2c(ccc(/C(N)=C/N)c2Oc2ccccc2)N1C(=O)C1CC1. The van der Waals surface area contributed by atoms with Gasteiger partial charge in [-0.3, -0.25) is 4.79 Å². The van der Waals surface area contributed by atoms with Crippen LogP contribution in [0.15, 0.2) is 48.7 Å². The lowest BCUT2D eigenvalue weighted by Gasteiger charge is -2.36. The summed E-state index contributed by atoms with van der Waals surface area (Å²) in [5.41, 5.74) is 15.0. The molecule has 2 aliphatic rings. The lowest BCUT2D eigenvalue weighted by Crippen LogP contribution is -2.43. The average Bonchev–Trinajstić information content (AvgIpc) is 3.53. The maximum Gasteiger partial charge on any atom is 0.230 e. The molecule has 0 saturated heterocycles. The van der Waals surface area contributed by atoms with Gasteiger partial charge in [0.1, 0.15) is 11.5 Å². The van der Waals surface area contributed by atoms with Gasteiger partial charge >= 0.3 is 0 Å². The number of benzene rings is 2. The van der Waals surface area contributed by atoms with Gasteiger partial charge < -0.3 is 21.1 Å². The van der Waals surface area contributed by atoms with E-state index in [0.717, 1.165) is 48.2 Å². The molecule has 0 bridgehead atoms. The molecular formula is C22H25N3O2. The number of nitrogens with zero attached hydrogens (tertiary/aromatic N) is 1. The van der Waals surface area contributed by atoms with Crippen molar-refractivity contribution in [3.05, 3.63) is 59.8 Å². The van der Waals surface area contributed by atoms with E-state index in [1.165, 1.54) is 6.20 Å². The third-order valence-electron chi connectivity index (χ3n) is 5.37. The minimum Gasteiger partial charge on any atom is -0.456 e. The third-order valence-corrected chi connectivity index (χ3v) is 5.37. The molecule has 0 radical (unpaired) electrons. The number of rotatable bonds is 4. The van der Waals surface area contributed by atoms with E-state index in [1.54, 1.807) is 0 Å². The summed E-state index contributed by atoms with van der Waals surface area (Å²) in [5, 5.41) is 0. The van der Waals surface area contributed by atoms with Crippen molar-refractivity contribution in [1.29, 1.82) is 0 Å². The van der Waals surface area contributed by atoms with Crippen molar-refractivity contribution < 1.29 is 9.53 Å². The molecule has 0 aromatic heterocycles. The van der Waals surface area contributed by atoms with Gasteiger partial charge in [0.25, 0.3) is 0 Å². The van der Waals surface area contributed by atoms with Crippen LogP contribution in [0.5, 0.6) is 11.5 Å². The van der Waals surface area contributed by atoms with Crippen molar-refractivity contribution in [2.75, 3.05) is 4.90 Å². The van der Waals surface area contributed by atoms with Crippen molar-refractivity contribution in [2.45, 2.75) is 38.6 Å². The summed E-state index contributed by atoms with van der Waals surface area (Å²) in [4.78, 5) is 14.9. The van der Waals surface area contributed by atoms with Crippen LogP contribution in [0.3, 0.4) is 0 Å². The highest BCUT2D eigenvalue weighted by Crippen LogP contribution is 2.44. The molecule has 1 unspecified atom stereocenters. The van der Waals surface area contributed by atoms with Crippen molar-refractivity contribution in [2.24, 2.45) is 17.4 Å².